The predicted molar refractivity (Wildman–Crippen MR) is 74.6 cm³/mol. The Bertz CT molecular complexity index is 390. The summed E-state index contributed by atoms with van der Waals surface area (Å²) in [6.07, 6.45) is 8.74. The molecule has 1 aliphatic heterocycles. The third-order valence-electron chi connectivity index (χ3n) is 4.21. The lowest BCUT2D eigenvalue weighted by atomic mass is 9.96. The number of amides is 2. The molecule has 1 N–H and O–H groups in total. The van der Waals surface area contributed by atoms with E-state index in [1.165, 1.54) is 18.4 Å². The van der Waals surface area contributed by atoms with Gasteiger partial charge in [-0.15, -0.1) is 0 Å². The largest absolute Gasteiger partial charge is 0.343 e. The number of hydrogen-bond donors (Lipinski definition) is 1. The van der Waals surface area contributed by atoms with Crippen molar-refractivity contribution in [3.8, 4) is 0 Å². The Morgan fingerprint density at radius 1 is 1.37 bits per heavy atom. The summed E-state index contributed by atoms with van der Waals surface area (Å²) >= 11 is 0. The number of nitrogens with zero attached hydrogens (tertiary/aromatic N) is 1. The first kappa shape index (κ1) is 14.1. The van der Waals surface area contributed by atoms with Gasteiger partial charge in [0, 0.05) is 6.54 Å². The molecular formula is C15H24N2O2. The smallest absolute Gasteiger partial charge is 0.245 e. The number of rotatable bonds is 4. The van der Waals surface area contributed by atoms with Crippen LogP contribution in [0.5, 0.6) is 0 Å². The van der Waals surface area contributed by atoms with Crippen LogP contribution in [0.25, 0.3) is 0 Å². The van der Waals surface area contributed by atoms with Gasteiger partial charge in [0.25, 0.3) is 0 Å². The monoisotopic (exact) mass is 264 g/mol. The van der Waals surface area contributed by atoms with Gasteiger partial charge >= 0.3 is 0 Å². The topological polar surface area (TPSA) is 49.4 Å². The zero-order chi connectivity index (χ0) is 13.8. The standard InChI is InChI=1S/C15H24N2O2/c1-3-13-15(19)17(11(2)14(18)16-13)10-9-12-7-5-4-6-8-12/h7,11,13H,3-6,8-10H2,1-2H3,(H,16,18). The third kappa shape index (κ3) is 3.17. The van der Waals surface area contributed by atoms with Crippen LogP contribution in [-0.2, 0) is 9.59 Å². The molecule has 0 aromatic carbocycles. The minimum atomic E-state index is -0.334. The fourth-order valence-corrected chi connectivity index (χ4v) is 2.86. The maximum Gasteiger partial charge on any atom is 0.245 e. The summed E-state index contributed by atoms with van der Waals surface area (Å²) in [5.74, 6) is 0.0510. The summed E-state index contributed by atoms with van der Waals surface area (Å²) in [6, 6.07) is -0.663. The van der Waals surface area contributed by atoms with E-state index in [2.05, 4.69) is 11.4 Å². The molecule has 0 aromatic heterocycles. The van der Waals surface area contributed by atoms with Gasteiger partial charge in [0.15, 0.2) is 0 Å². The second-order valence-electron chi connectivity index (χ2n) is 5.54. The summed E-state index contributed by atoms with van der Waals surface area (Å²) < 4.78 is 0. The molecule has 0 aromatic rings. The van der Waals surface area contributed by atoms with Gasteiger partial charge in [-0.1, -0.05) is 18.6 Å². The summed E-state index contributed by atoms with van der Waals surface area (Å²) in [6.45, 7) is 4.42. The second-order valence-corrected chi connectivity index (χ2v) is 5.54. The van der Waals surface area contributed by atoms with E-state index < -0.39 is 0 Å². The van der Waals surface area contributed by atoms with Crippen LogP contribution in [0, 0.1) is 0 Å². The molecule has 1 heterocycles. The van der Waals surface area contributed by atoms with Crippen LogP contribution in [0.2, 0.25) is 0 Å². The molecule has 0 spiro atoms. The zero-order valence-corrected chi connectivity index (χ0v) is 11.9. The molecule has 4 heteroatoms. The highest BCUT2D eigenvalue weighted by atomic mass is 16.2. The molecule has 106 valence electrons. The van der Waals surface area contributed by atoms with E-state index in [-0.39, 0.29) is 23.9 Å². The Hall–Kier alpha value is -1.32. The van der Waals surface area contributed by atoms with E-state index in [4.69, 9.17) is 0 Å². The molecular weight excluding hydrogens is 240 g/mol. The van der Waals surface area contributed by atoms with Crippen molar-refractivity contribution in [3.05, 3.63) is 11.6 Å². The minimum Gasteiger partial charge on any atom is -0.343 e. The summed E-state index contributed by atoms with van der Waals surface area (Å²) in [5, 5.41) is 2.79. The number of carbonyl (C=O) groups is 2. The molecule has 1 aliphatic carbocycles. The minimum absolute atomic E-state index is 0.0240. The zero-order valence-electron chi connectivity index (χ0n) is 11.9. The maximum absolute atomic E-state index is 12.3. The number of hydrogen-bond acceptors (Lipinski definition) is 2. The first-order valence-corrected chi connectivity index (χ1v) is 7.42. The molecule has 0 radical (unpaired) electrons. The van der Waals surface area contributed by atoms with Crippen LogP contribution in [0.15, 0.2) is 11.6 Å². The van der Waals surface area contributed by atoms with Crippen LogP contribution >= 0.6 is 0 Å². The van der Waals surface area contributed by atoms with Gasteiger partial charge in [-0.2, -0.15) is 0 Å². The van der Waals surface area contributed by atoms with Crippen molar-refractivity contribution >= 4 is 11.8 Å². The quantitative estimate of drug-likeness (QED) is 0.790. The summed E-state index contributed by atoms with van der Waals surface area (Å²) in [5.41, 5.74) is 1.45. The fourth-order valence-electron chi connectivity index (χ4n) is 2.86. The Morgan fingerprint density at radius 3 is 2.79 bits per heavy atom. The van der Waals surface area contributed by atoms with Crippen molar-refractivity contribution in [2.45, 2.75) is 64.5 Å². The van der Waals surface area contributed by atoms with Gasteiger partial charge in [-0.3, -0.25) is 9.59 Å². The number of nitrogens with one attached hydrogen (secondary N) is 1. The first-order chi connectivity index (χ1) is 9.13. The number of piperazine rings is 1. The molecule has 2 atom stereocenters. The molecule has 1 fully saturated rings. The van der Waals surface area contributed by atoms with Crippen LogP contribution < -0.4 is 5.32 Å². The highest BCUT2D eigenvalue weighted by Gasteiger charge is 2.36. The average Bonchev–Trinajstić information content (AvgIpc) is 2.44. The lowest BCUT2D eigenvalue weighted by molar-refractivity contribution is -0.148. The highest BCUT2D eigenvalue weighted by molar-refractivity contribution is 5.96. The van der Waals surface area contributed by atoms with Crippen molar-refractivity contribution in [1.29, 1.82) is 0 Å². The summed E-state index contributed by atoms with van der Waals surface area (Å²) in [7, 11) is 0. The lowest BCUT2D eigenvalue weighted by Gasteiger charge is -2.37. The normalized spacial score (nSPS) is 28.1. The number of allylic oxidation sites excluding steroid dienone is 1. The molecule has 0 saturated carbocycles. The SMILES string of the molecule is CCC1NC(=O)C(C)N(CCC2=CCCCC2)C1=O. The second kappa shape index (κ2) is 6.22. The molecule has 4 nitrogen and oxygen atoms in total. The van der Waals surface area contributed by atoms with Crippen LogP contribution in [0.1, 0.15) is 52.4 Å². The number of carbonyl (C=O) groups excluding carboxylic acids is 2. The van der Waals surface area contributed by atoms with Crippen molar-refractivity contribution in [3.63, 3.8) is 0 Å². The van der Waals surface area contributed by atoms with Gasteiger partial charge in [-0.25, -0.2) is 0 Å². The first-order valence-electron chi connectivity index (χ1n) is 7.42. The van der Waals surface area contributed by atoms with E-state index in [9.17, 15) is 9.59 Å². The summed E-state index contributed by atoms with van der Waals surface area (Å²) in [4.78, 5) is 25.9. The molecule has 0 bridgehead atoms. The molecule has 2 amide bonds. The van der Waals surface area contributed by atoms with Gasteiger partial charge < -0.3 is 10.2 Å². The van der Waals surface area contributed by atoms with Crippen molar-refractivity contribution in [1.82, 2.24) is 10.2 Å². The van der Waals surface area contributed by atoms with E-state index in [0.29, 0.717) is 13.0 Å². The Balaban J connectivity index is 1.97. The Kier molecular flexibility index (Phi) is 4.61. The van der Waals surface area contributed by atoms with E-state index in [0.717, 1.165) is 19.3 Å². The van der Waals surface area contributed by atoms with Crippen LogP contribution in [0.4, 0.5) is 0 Å². The van der Waals surface area contributed by atoms with Gasteiger partial charge in [0.1, 0.15) is 12.1 Å². The fraction of sp³-hybridized carbons (Fsp3) is 0.733. The molecule has 1 saturated heterocycles. The lowest BCUT2D eigenvalue weighted by Crippen LogP contribution is -2.62. The van der Waals surface area contributed by atoms with Gasteiger partial charge in [-0.05, 0) is 45.4 Å². The van der Waals surface area contributed by atoms with Crippen molar-refractivity contribution in [2.75, 3.05) is 6.54 Å². The average molecular weight is 264 g/mol. The van der Waals surface area contributed by atoms with Gasteiger partial charge in [0.05, 0.1) is 0 Å². The Labute approximate surface area is 115 Å². The van der Waals surface area contributed by atoms with Gasteiger partial charge in [0.2, 0.25) is 11.8 Å². The van der Waals surface area contributed by atoms with Crippen LogP contribution in [-0.4, -0.2) is 35.3 Å². The molecule has 19 heavy (non-hydrogen) atoms. The molecule has 2 rings (SSSR count). The molecule has 2 unspecified atom stereocenters. The maximum atomic E-state index is 12.3. The van der Waals surface area contributed by atoms with Crippen molar-refractivity contribution < 1.29 is 9.59 Å². The highest BCUT2D eigenvalue weighted by Crippen LogP contribution is 2.21. The third-order valence-corrected chi connectivity index (χ3v) is 4.21. The molecule has 2 aliphatic rings. The van der Waals surface area contributed by atoms with Crippen LogP contribution in [0.3, 0.4) is 0 Å². The van der Waals surface area contributed by atoms with E-state index >= 15 is 0 Å². The van der Waals surface area contributed by atoms with Crippen molar-refractivity contribution in [2.24, 2.45) is 0 Å². The predicted octanol–water partition coefficient (Wildman–Crippen LogP) is 2.00. The Morgan fingerprint density at radius 2 is 2.16 bits per heavy atom. The van der Waals surface area contributed by atoms with E-state index in [1.807, 2.05) is 13.8 Å². The van der Waals surface area contributed by atoms with E-state index in [1.54, 1.807) is 4.90 Å².